The molecule has 0 spiro atoms. The van der Waals surface area contributed by atoms with Crippen molar-refractivity contribution in [1.82, 2.24) is 0 Å². The lowest BCUT2D eigenvalue weighted by Crippen LogP contribution is -2.38. The first-order valence-electron chi connectivity index (χ1n) is 10.7. The molecule has 2 aliphatic rings. The maximum atomic E-state index is 7.23. The lowest BCUT2D eigenvalue weighted by atomic mass is 10.0. The molecule has 2 fully saturated rings. The number of rotatable bonds is 8. The van der Waals surface area contributed by atoms with Gasteiger partial charge in [-0.25, -0.2) is 0 Å². The van der Waals surface area contributed by atoms with E-state index in [0.717, 1.165) is 22.9 Å². The summed E-state index contributed by atoms with van der Waals surface area (Å²) in [6.45, 7) is 9.69. The second kappa shape index (κ2) is 10.4. The summed E-state index contributed by atoms with van der Waals surface area (Å²) < 4.78 is 7.23. The van der Waals surface area contributed by atoms with Gasteiger partial charge in [-0.15, -0.1) is 0 Å². The molecule has 0 aromatic carbocycles. The van der Waals surface area contributed by atoms with Crippen LogP contribution in [-0.2, 0) is 4.12 Å². The first kappa shape index (κ1) is 19.7. The van der Waals surface area contributed by atoms with Crippen LogP contribution in [0.4, 0.5) is 0 Å². The van der Waals surface area contributed by atoms with Crippen molar-refractivity contribution in [2.75, 3.05) is 0 Å². The molecule has 2 aliphatic carbocycles. The topological polar surface area (TPSA) is 9.23 Å². The first-order valence-corrected chi connectivity index (χ1v) is 14.6. The minimum Gasteiger partial charge on any atom is -0.459 e. The number of hydrogen-bond donors (Lipinski definition) is 0. The third-order valence-electron chi connectivity index (χ3n) is 6.11. The molecule has 2 atom stereocenters. The molecule has 0 aromatic rings. The van der Waals surface area contributed by atoms with Crippen LogP contribution < -0.4 is 0 Å². The minimum absolute atomic E-state index is 0.841. The minimum atomic E-state index is -0.999. The number of hydrogen-bond acceptors (Lipinski definition) is 1. The van der Waals surface area contributed by atoms with Gasteiger partial charge in [0.15, 0.2) is 18.1 Å². The van der Waals surface area contributed by atoms with Crippen LogP contribution in [0.5, 0.6) is 0 Å². The highest BCUT2D eigenvalue weighted by molar-refractivity contribution is 6.67. The highest BCUT2D eigenvalue weighted by Crippen LogP contribution is 2.39. The Labute approximate surface area is 149 Å². The Morgan fingerprint density at radius 3 is 1.30 bits per heavy atom. The molecule has 2 rings (SSSR count). The lowest BCUT2D eigenvalue weighted by molar-refractivity contribution is 0.415. The molecule has 3 heteroatoms. The van der Waals surface area contributed by atoms with E-state index in [-0.39, 0.29) is 0 Å². The van der Waals surface area contributed by atoms with Crippen LogP contribution in [0, 0.1) is 11.8 Å². The van der Waals surface area contributed by atoms with Gasteiger partial charge < -0.3 is 4.12 Å². The van der Waals surface area contributed by atoms with E-state index in [2.05, 4.69) is 27.7 Å². The monoisotopic (exact) mass is 354 g/mol. The van der Waals surface area contributed by atoms with Gasteiger partial charge in [0.1, 0.15) is 0 Å². The zero-order valence-corrected chi connectivity index (χ0v) is 18.7. The molecule has 0 radical (unpaired) electrons. The van der Waals surface area contributed by atoms with Crippen LogP contribution in [0.25, 0.3) is 0 Å². The third kappa shape index (κ3) is 7.03. The Bertz CT molecular complexity index is 277. The molecule has 0 saturated heterocycles. The average molecular weight is 355 g/mol. The normalized spacial score (nSPS) is 24.3. The largest absolute Gasteiger partial charge is 0.459 e. The predicted octanol–water partition coefficient (Wildman–Crippen LogP) is 6.43. The quantitative estimate of drug-likeness (QED) is 0.456. The Hall–Kier alpha value is 0.394. The lowest BCUT2D eigenvalue weighted by Gasteiger charge is -2.37. The van der Waals surface area contributed by atoms with Gasteiger partial charge in [0.25, 0.3) is 0 Å². The van der Waals surface area contributed by atoms with E-state index in [0.29, 0.717) is 0 Å². The predicted molar refractivity (Wildman–Crippen MR) is 108 cm³/mol. The molecule has 0 amide bonds. The summed E-state index contributed by atoms with van der Waals surface area (Å²) >= 11 is 0. The maximum absolute atomic E-state index is 7.23. The van der Waals surface area contributed by atoms with Crippen LogP contribution in [0.15, 0.2) is 0 Å². The zero-order chi connectivity index (χ0) is 16.7. The molecule has 0 aromatic heterocycles. The van der Waals surface area contributed by atoms with Crippen molar-refractivity contribution in [3.63, 3.8) is 0 Å². The fraction of sp³-hybridized carbons (Fsp3) is 1.00. The maximum Gasteiger partial charge on any atom is 0.166 e. The molecule has 2 unspecified atom stereocenters. The average Bonchev–Trinajstić information content (AvgIpc) is 2.54. The second-order valence-electron chi connectivity index (χ2n) is 9.27. The molecule has 0 bridgehead atoms. The van der Waals surface area contributed by atoms with Crippen molar-refractivity contribution in [2.24, 2.45) is 11.8 Å². The summed E-state index contributed by atoms with van der Waals surface area (Å²) in [7, 11) is -2.00. The van der Waals surface area contributed by atoms with E-state index < -0.39 is 18.1 Å². The Morgan fingerprint density at radius 1 is 0.652 bits per heavy atom. The molecular weight excluding hydrogens is 312 g/mol. The van der Waals surface area contributed by atoms with Crippen molar-refractivity contribution in [3.05, 3.63) is 0 Å². The molecular formula is C20H42OSi2. The van der Waals surface area contributed by atoms with Crippen LogP contribution in [0.1, 0.15) is 91.9 Å². The van der Waals surface area contributed by atoms with E-state index in [1.54, 1.807) is 0 Å². The van der Waals surface area contributed by atoms with Gasteiger partial charge in [0.05, 0.1) is 0 Å². The second-order valence-corrected chi connectivity index (χ2v) is 15.3. The van der Waals surface area contributed by atoms with Gasteiger partial charge in [-0.05, 0) is 35.0 Å². The first-order chi connectivity index (χ1) is 11.1. The van der Waals surface area contributed by atoms with Gasteiger partial charge in [-0.3, -0.25) is 0 Å². The van der Waals surface area contributed by atoms with Crippen molar-refractivity contribution in [2.45, 2.75) is 115 Å². The Balaban J connectivity index is 2.01. The fourth-order valence-corrected chi connectivity index (χ4v) is 14.4. The van der Waals surface area contributed by atoms with E-state index in [1.807, 2.05) is 0 Å². The van der Waals surface area contributed by atoms with Crippen LogP contribution in [-0.4, -0.2) is 18.1 Å². The van der Waals surface area contributed by atoms with Gasteiger partial charge in [0.2, 0.25) is 0 Å². The van der Waals surface area contributed by atoms with Crippen LogP contribution in [0.3, 0.4) is 0 Å². The fourth-order valence-electron chi connectivity index (χ4n) is 4.88. The zero-order valence-electron chi connectivity index (χ0n) is 16.4. The van der Waals surface area contributed by atoms with E-state index >= 15 is 0 Å². The highest BCUT2D eigenvalue weighted by Gasteiger charge is 2.33. The standard InChI is InChI=1S/C20H42OSi2/c1-17(2)15-22(19-11-7-5-8-12-19)21-23(16-18(3)4)20-13-9-6-10-14-20/h17-20,22-23H,5-16H2,1-4H3. The summed E-state index contributed by atoms with van der Waals surface area (Å²) in [4.78, 5) is 0. The molecule has 0 N–H and O–H groups in total. The van der Waals surface area contributed by atoms with Gasteiger partial charge in [-0.1, -0.05) is 91.9 Å². The SMILES string of the molecule is CC(C)C[SiH](O[SiH](CC(C)C)C1CCCCC1)C1CCCCC1. The summed E-state index contributed by atoms with van der Waals surface area (Å²) in [5, 5.41) is 0. The van der Waals surface area contributed by atoms with Crippen LogP contribution in [0.2, 0.25) is 23.2 Å². The summed E-state index contributed by atoms with van der Waals surface area (Å²) in [6.07, 6.45) is 14.9. The summed E-state index contributed by atoms with van der Waals surface area (Å²) in [5.41, 5.74) is 2.02. The van der Waals surface area contributed by atoms with Crippen molar-refractivity contribution in [3.8, 4) is 0 Å². The Kier molecular flexibility index (Phi) is 8.91. The van der Waals surface area contributed by atoms with Crippen LogP contribution >= 0.6 is 0 Å². The summed E-state index contributed by atoms with van der Waals surface area (Å²) in [5.74, 6) is 1.68. The van der Waals surface area contributed by atoms with Crippen molar-refractivity contribution in [1.29, 1.82) is 0 Å². The molecule has 0 aliphatic heterocycles. The molecule has 0 heterocycles. The molecule has 23 heavy (non-hydrogen) atoms. The molecule has 136 valence electrons. The Morgan fingerprint density at radius 2 is 1.00 bits per heavy atom. The highest BCUT2D eigenvalue weighted by atomic mass is 28.4. The third-order valence-corrected chi connectivity index (χ3v) is 15.2. The van der Waals surface area contributed by atoms with Crippen molar-refractivity contribution < 1.29 is 4.12 Å². The van der Waals surface area contributed by atoms with Gasteiger partial charge >= 0.3 is 0 Å². The van der Waals surface area contributed by atoms with E-state index in [9.17, 15) is 0 Å². The van der Waals surface area contributed by atoms with E-state index in [4.69, 9.17) is 4.12 Å². The molecule has 2 saturated carbocycles. The van der Waals surface area contributed by atoms with Crippen molar-refractivity contribution >= 4 is 18.1 Å². The van der Waals surface area contributed by atoms with Gasteiger partial charge in [0, 0.05) is 0 Å². The van der Waals surface area contributed by atoms with Gasteiger partial charge in [-0.2, -0.15) is 0 Å². The smallest absolute Gasteiger partial charge is 0.166 e. The van der Waals surface area contributed by atoms with E-state index in [1.165, 1.54) is 76.3 Å². The molecule has 1 nitrogen and oxygen atoms in total. The summed E-state index contributed by atoms with van der Waals surface area (Å²) in [6, 6.07) is 2.89.